The Kier molecular flexibility index (Phi) is 3.62. The van der Waals surface area contributed by atoms with Gasteiger partial charge in [-0.2, -0.15) is 0 Å². The van der Waals surface area contributed by atoms with Crippen molar-refractivity contribution in [2.24, 2.45) is 0 Å². The Morgan fingerprint density at radius 3 is 2.38 bits per heavy atom. The van der Waals surface area contributed by atoms with Crippen molar-refractivity contribution in [1.82, 2.24) is 0 Å². The lowest BCUT2D eigenvalue weighted by Crippen LogP contribution is -2.18. The first-order valence-corrected chi connectivity index (χ1v) is 6.97. The van der Waals surface area contributed by atoms with E-state index in [-0.39, 0.29) is 16.7 Å². The Labute approximate surface area is 127 Å². The Hall–Kier alpha value is -2.33. The maximum Gasteiger partial charge on any atom is 0.264 e. The maximum absolute atomic E-state index is 11.1. The van der Waals surface area contributed by atoms with Gasteiger partial charge in [0.15, 0.2) is 0 Å². The summed E-state index contributed by atoms with van der Waals surface area (Å²) >= 11 is 5.91. The Morgan fingerprint density at radius 1 is 1.10 bits per heavy atom. The number of halogens is 1. The SMILES string of the molecule is O=[N+]([O-])C1=CN(c2ccc(Cl)cc2)C(c2ccccc2)C1. The topological polar surface area (TPSA) is 46.4 Å². The summed E-state index contributed by atoms with van der Waals surface area (Å²) in [5.74, 6) is 0. The molecule has 3 rings (SSSR count). The van der Waals surface area contributed by atoms with Crippen LogP contribution in [0.25, 0.3) is 0 Å². The van der Waals surface area contributed by atoms with Crippen LogP contribution in [0.5, 0.6) is 0 Å². The summed E-state index contributed by atoms with van der Waals surface area (Å²) in [6.07, 6.45) is 2.00. The molecule has 1 aliphatic rings. The first-order chi connectivity index (χ1) is 10.1. The first-order valence-electron chi connectivity index (χ1n) is 6.59. The summed E-state index contributed by atoms with van der Waals surface area (Å²) in [5, 5.41) is 11.7. The molecule has 21 heavy (non-hydrogen) atoms. The molecule has 0 radical (unpaired) electrons. The molecular weight excluding hydrogens is 288 g/mol. The third-order valence-corrected chi connectivity index (χ3v) is 3.82. The van der Waals surface area contributed by atoms with E-state index in [1.807, 2.05) is 47.4 Å². The molecule has 5 heteroatoms. The van der Waals surface area contributed by atoms with Crippen molar-refractivity contribution in [3.63, 3.8) is 0 Å². The van der Waals surface area contributed by atoms with E-state index in [1.165, 1.54) is 0 Å². The molecule has 1 aliphatic heterocycles. The third kappa shape index (κ3) is 2.76. The fourth-order valence-corrected chi connectivity index (χ4v) is 2.67. The fourth-order valence-electron chi connectivity index (χ4n) is 2.54. The van der Waals surface area contributed by atoms with Crippen LogP contribution in [-0.4, -0.2) is 4.92 Å². The zero-order chi connectivity index (χ0) is 14.8. The molecule has 0 saturated carbocycles. The highest BCUT2D eigenvalue weighted by molar-refractivity contribution is 6.30. The number of anilines is 1. The van der Waals surface area contributed by atoms with E-state index in [4.69, 9.17) is 11.6 Å². The van der Waals surface area contributed by atoms with Gasteiger partial charge in [0.2, 0.25) is 0 Å². The van der Waals surface area contributed by atoms with Gasteiger partial charge in [-0.05, 0) is 29.8 Å². The maximum atomic E-state index is 11.1. The molecule has 0 spiro atoms. The Morgan fingerprint density at radius 2 is 1.76 bits per heavy atom. The summed E-state index contributed by atoms with van der Waals surface area (Å²) in [5.41, 5.74) is 2.17. The first kappa shape index (κ1) is 13.6. The van der Waals surface area contributed by atoms with Crippen molar-refractivity contribution < 1.29 is 4.92 Å². The zero-order valence-corrected chi connectivity index (χ0v) is 11.9. The van der Waals surface area contributed by atoms with E-state index >= 15 is 0 Å². The number of benzene rings is 2. The summed E-state index contributed by atoms with van der Waals surface area (Å²) in [7, 11) is 0. The molecule has 4 nitrogen and oxygen atoms in total. The smallest absolute Gasteiger partial charge is 0.264 e. The van der Waals surface area contributed by atoms with Crippen molar-refractivity contribution >= 4 is 17.3 Å². The number of nitro groups is 1. The molecule has 0 aliphatic carbocycles. The number of hydrogen-bond donors (Lipinski definition) is 0. The second-order valence-corrected chi connectivity index (χ2v) is 5.33. The van der Waals surface area contributed by atoms with Crippen molar-refractivity contribution in [2.45, 2.75) is 12.5 Å². The van der Waals surface area contributed by atoms with Crippen molar-refractivity contribution in [1.29, 1.82) is 0 Å². The Bertz CT molecular complexity index is 683. The van der Waals surface area contributed by atoms with Gasteiger partial charge in [0.25, 0.3) is 5.70 Å². The van der Waals surface area contributed by atoms with Gasteiger partial charge in [0.05, 0.1) is 23.6 Å². The largest absolute Gasteiger partial charge is 0.334 e. The van der Waals surface area contributed by atoms with Crippen LogP contribution < -0.4 is 4.90 Å². The minimum Gasteiger partial charge on any atom is -0.334 e. The van der Waals surface area contributed by atoms with Gasteiger partial charge in [-0.15, -0.1) is 0 Å². The van der Waals surface area contributed by atoms with E-state index in [9.17, 15) is 10.1 Å². The third-order valence-electron chi connectivity index (χ3n) is 3.57. The van der Waals surface area contributed by atoms with Crippen LogP contribution in [0.1, 0.15) is 18.0 Å². The molecule has 0 amide bonds. The molecule has 1 unspecified atom stereocenters. The molecule has 0 saturated heterocycles. The number of rotatable bonds is 3. The Balaban J connectivity index is 2.00. The molecule has 0 N–H and O–H groups in total. The average molecular weight is 301 g/mol. The summed E-state index contributed by atoms with van der Waals surface area (Å²) < 4.78 is 0. The van der Waals surface area contributed by atoms with Gasteiger partial charge in [0, 0.05) is 10.7 Å². The lowest BCUT2D eigenvalue weighted by atomic mass is 10.0. The van der Waals surface area contributed by atoms with Crippen LogP contribution >= 0.6 is 11.6 Å². The van der Waals surface area contributed by atoms with E-state index in [1.54, 1.807) is 18.3 Å². The number of hydrogen-bond acceptors (Lipinski definition) is 3. The predicted octanol–water partition coefficient (Wildman–Crippen LogP) is 4.41. The van der Waals surface area contributed by atoms with E-state index in [0.717, 1.165) is 11.3 Å². The van der Waals surface area contributed by atoms with Crippen LogP contribution in [0.2, 0.25) is 5.02 Å². The second kappa shape index (κ2) is 5.58. The molecule has 1 heterocycles. The van der Waals surface area contributed by atoms with Crippen LogP contribution in [0.3, 0.4) is 0 Å². The average Bonchev–Trinajstić information content (AvgIpc) is 2.94. The normalized spacial score (nSPS) is 17.7. The van der Waals surface area contributed by atoms with Crippen molar-refractivity contribution in [3.05, 3.63) is 87.2 Å². The summed E-state index contributed by atoms with van der Waals surface area (Å²) in [6.45, 7) is 0. The minimum atomic E-state index is -0.314. The minimum absolute atomic E-state index is 0.0622. The van der Waals surface area contributed by atoms with Gasteiger partial charge >= 0.3 is 0 Å². The standard InChI is InChI=1S/C16H13ClN2O2/c17-13-6-8-14(9-7-13)18-11-15(19(20)21)10-16(18)12-4-2-1-3-5-12/h1-9,11,16H,10H2. The van der Waals surface area contributed by atoms with E-state index in [2.05, 4.69) is 0 Å². The summed E-state index contributed by atoms with van der Waals surface area (Å²) in [6, 6.07) is 17.1. The highest BCUT2D eigenvalue weighted by Crippen LogP contribution is 2.38. The zero-order valence-electron chi connectivity index (χ0n) is 11.1. The quantitative estimate of drug-likeness (QED) is 0.623. The monoisotopic (exact) mass is 300 g/mol. The van der Waals surface area contributed by atoms with E-state index in [0.29, 0.717) is 11.4 Å². The predicted molar refractivity (Wildman–Crippen MR) is 82.8 cm³/mol. The highest BCUT2D eigenvalue weighted by Gasteiger charge is 2.33. The van der Waals surface area contributed by atoms with Gasteiger partial charge < -0.3 is 4.90 Å². The molecule has 1 atom stereocenters. The van der Waals surface area contributed by atoms with Crippen molar-refractivity contribution in [2.75, 3.05) is 4.90 Å². The molecule has 2 aromatic rings. The van der Waals surface area contributed by atoms with Gasteiger partial charge in [-0.1, -0.05) is 41.9 Å². The molecule has 2 aromatic carbocycles. The van der Waals surface area contributed by atoms with Crippen LogP contribution in [0, 0.1) is 10.1 Å². The molecule has 0 aromatic heterocycles. The molecule has 106 valence electrons. The molecule has 0 bridgehead atoms. The van der Waals surface area contributed by atoms with Gasteiger partial charge in [-0.3, -0.25) is 10.1 Å². The molecular formula is C16H13ClN2O2. The highest BCUT2D eigenvalue weighted by atomic mass is 35.5. The van der Waals surface area contributed by atoms with E-state index < -0.39 is 0 Å². The number of nitrogens with zero attached hydrogens (tertiary/aromatic N) is 2. The van der Waals surface area contributed by atoms with Gasteiger partial charge in [-0.25, -0.2) is 0 Å². The van der Waals surface area contributed by atoms with Crippen LogP contribution in [-0.2, 0) is 0 Å². The van der Waals surface area contributed by atoms with Crippen LogP contribution in [0.4, 0.5) is 5.69 Å². The molecule has 0 fully saturated rings. The fraction of sp³-hybridized carbons (Fsp3) is 0.125. The summed E-state index contributed by atoms with van der Waals surface area (Å²) in [4.78, 5) is 12.7. The van der Waals surface area contributed by atoms with Gasteiger partial charge in [0.1, 0.15) is 0 Å². The lowest BCUT2D eigenvalue weighted by molar-refractivity contribution is -0.427. The van der Waals surface area contributed by atoms with Crippen molar-refractivity contribution in [3.8, 4) is 0 Å². The lowest BCUT2D eigenvalue weighted by Gasteiger charge is -2.25. The van der Waals surface area contributed by atoms with Crippen LogP contribution in [0.15, 0.2) is 66.5 Å². The second-order valence-electron chi connectivity index (χ2n) is 4.89.